The maximum absolute atomic E-state index is 6.07. The number of benzene rings is 1. The van der Waals surface area contributed by atoms with Gasteiger partial charge in [0.1, 0.15) is 11.3 Å². The van der Waals surface area contributed by atoms with Crippen LogP contribution in [-0.4, -0.2) is 24.0 Å². The lowest BCUT2D eigenvalue weighted by Gasteiger charge is -2.35. The van der Waals surface area contributed by atoms with E-state index in [0.717, 1.165) is 24.4 Å². The van der Waals surface area contributed by atoms with Gasteiger partial charge in [0.05, 0.1) is 6.04 Å². The SMILES string of the molecule is CCN(C(C)c1cc2ccccc2o1)C1CCCC1CN. The van der Waals surface area contributed by atoms with E-state index < -0.39 is 0 Å². The second-order valence-electron chi connectivity index (χ2n) is 6.19. The average molecular weight is 286 g/mol. The molecule has 1 aliphatic rings. The van der Waals surface area contributed by atoms with Gasteiger partial charge in [0, 0.05) is 11.4 Å². The van der Waals surface area contributed by atoms with Gasteiger partial charge in [-0.3, -0.25) is 4.90 Å². The van der Waals surface area contributed by atoms with Crippen molar-refractivity contribution in [2.24, 2.45) is 11.7 Å². The molecule has 0 spiro atoms. The van der Waals surface area contributed by atoms with Crippen molar-refractivity contribution in [1.82, 2.24) is 4.90 Å². The highest BCUT2D eigenvalue weighted by molar-refractivity contribution is 5.77. The van der Waals surface area contributed by atoms with Crippen LogP contribution in [-0.2, 0) is 0 Å². The summed E-state index contributed by atoms with van der Waals surface area (Å²) in [7, 11) is 0. The third kappa shape index (κ3) is 2.72. The first-order valence-electron chi connectivity index (χ1n) is 8.19. The largest absolute Gasteiger partial charge is 0.459 e. The van der Waals surface area contributed by atoms with Crippen LogP contribution in [0.25, 0.3) is 11.0 Å². The van der Waals surface area contributed by atoms with Gasteiger partial charge in [0.25, 0.3) is 0 Å². The van der Waals surface area contributed by atoms with Crippen molar-refractivity contribution in [3.8, 4) is 0 Å². The Morgan fingerprint density at radius 3 is 2.86 bits per heavy atom. The third-order valence-electron chi connectivity index (χ3n) is 5.07. The number of furan rings is 1. The van der Waals surface area contributed by atoms with Gasteiger partial charge in [0.2, 0.25) is 0 Å². The van der Waals surface area contributed by atoms with Crippen molar-refractivity contribution in [2.45, 2.75) is 45.2 Å². The minimum atomic E-state index is 0.305. The van der Waals surface area contributed by atoms with Crippen molar-refractivity contribution in [2.75, 3.05) is 13.1 Å². The van der Waals surface area contributed by atoms with Crippen molar-refractivity contribution >= 4 is 11.0 Å². The fourth-order valence-electron chi connectivity index (χ4n) is 3.90. The van der Waals surface area contributed by atoms with Crippen molar-refractivity contribution < 1.29 is 4.42 Å². The molecule has 1 aliphatic carbocycles. The Hall–Kier alpha value is -1.32. The smallest absolute Gasteiger partial charge is 0.134 e. The highest BCUT2D eigenvalue weighted by atomic mass is 16.3. The summed E-state index contributed by atoms with van der Waals surface area (Å²) in [5, 5.41) is 1.19. The Kier molecular flexibility index (Phi) is 4.32. The maximum Gasteiger partial charge on any atom is 0.134 e. The molecule has 3 unspecified atom stereocenters. The zero-order valence-electron chi connectivity index (χ0n) is 13.1. The lowest BCUT2D eigenvalue weighted by Crippen LogP contribution is -2.41. The minimum absolute atomic E-state index is 0.305. The summed E-state index contributed by atoms with van der Waals surface area (Å²) >= 11 is 0. The molecule has 2 N–H and O–H groups in total. The first-order chi connectivity index (χ1) is 10.2. The fourth-order valence-corrected chi connectivity index (χ4v) is 3.90. The highest BCUT2D eigenvalue weighted by Crippen LogP contribution is 2.35. The lowest BCUT2D eigenvalue weighted by molar-refractivity contribution is 0.111. The van der Waals surface area contributed by atoms with Gasteiger partial charge in [-0.25, -0.2) is 0 Å². The Balaban J connectivity index is 1.85. The summed E-state index contributed by atoms with van der Waals surface area (Å²) in [4.78, 5) is 2.57. The number of rotatable bonds is 5. The molecule has 21 heavy (non-hydrogen) atoms. The summed E-state index contributed by atoms with van der Waals surface area (Å²) < 4.78 is 6.07. The molecule has 1 aromatic heterocycles. The van der Waals surface area contributed by atoms with Gasteiger partial charge in [0.15, 0.2) is 0 Å². The van der Waals surface area contributed by atoms with Crippen molar-refractivity contribution in [3.63, 3.8) is 0 Å². The summed E-state index contributed by atoms with van der Waals surface area (Å²) in [5.41, 5.74) is 6.95. The molecule has 3 nitrogen and oxygen atoms in total. The average Bonchev–Trinajstić information content (AvgIpc) is 3.14. The molecule has 1 aromatic carbocycles. The van der Waals surface area contributed by atoms with Crippen LogP contribution in [0.3, 0.4) is 0 Å². The van der Waals surface area contributed by atoms with Gasteiger partial charge in [-0.15, -0.1) is 0 Å². The molecule has 1 heterocycles. The zero-order valence-corrected chi connectivity index (χ0v) is 13.1. The number of para-hydroxylation sites is 1. The standard InChI is InChI=1S/C18H26N2O/c1-3-20(16-9-6-8-15(16)12-19)13(2)18-11-14-7-4-5-10-17(14)21-18/h4-5,7,10-11,13,15-16H,3,6,8-9,12,19H2,1-2H3. The first-order valence-corrected chi connectivity index (χ1v) is 8.19. The molecule has 3 atom stereocenters. The monoisotopic (exact) mass is 286 g/mol. The molecule has 0 amide bonds. The van der Waals surface area contributed by atoms with E-state index in [1.165, 1.54) is 24.6 Å². The summed E-state index contributed by atoms with van der Waals surface area (Å²) in [5.74, 6) is 1.71. The molecular weight excluding hydrogens is 260 g/mol. The fraction of sp³-hybridized carbons (Fsp3) is 0.556. The van der Waals surface area contributed by atoms with E-state index in [9.17, 15) is 0 Å². The molecule has 0 aliphatic heterocycles. The predicted molar refractivity (Wildman–Crippen MR) is 87.2 cm³/mol. The Morgan fingerprint density at radius 1 is 1.33 bits per heavy atom. The van der Waals surface area contributed by atoms with E-state index >= 15 is 0 Å². The number of nitrogens with two attached hydrogens (primary N) is 1. The van der Waals surface area contributed by atoms with E-state index in [0.29, 0.717) is 18.0 Å². The van der Waals surface area contributed by atoms with Crippen LogP contribution in [0, 0.1) is 5.92 Å². The van der Waals surface area contributed by atoms with Gasteiger partial charge < -0.3 is 10.2 Å². The molecule has 1 saturated carbocycles. The number of fused-ring (bicyclic) bond motifs is 1. The summed E-state index contributed by atoms with van der Waals surface area (Å²) in [6.45, 7) is 6.34. The van der Waals surface area contributed by atoms with Crippen LogP contribution >= 0.6 is 0 Å². The van der Waals surface area contributed by atoms with E-state index in [2.05, 4.69) is 36.9 Å². The van der Waals surface area contributed by atoms with Gasteiger partial charge in [-0.1, -0.05) is 31.5 Å². The topological polar surface area (TPSA) is 42.4 Å². The summed E-state index contributed by atoms with van der Waals surface area (Å²) in [6, 6.07) is 11.3. The highest BCUT2D eigenvalue weighted by Gasteiger charge is 2.34. The van der Waals surface area contributed by atoms with Crippen molar-refractivity contribution in [3.05, 3.63) is 36.1 Å². The Bertz CT molecular complexity index is 559. The molecule has 3 heteroatoms. The molecule has 114 valence electrons. The van der Waals surface area contributed by atoms with Gasteiger partial charge >= 0.3 is 0 Å². The van der Waals surface area contributed by atoms with Crippen LogP contribution in [0.2, 0.25) is 0 Å². The molecule has 2 aromatic rings. The first kappa shape index (κ1) is 14.6. The third-order valence-corrected chi connectivity index (χ3v) is 5.07. The summed E-state index contributed by atoms with van der Waals surface area (Å²) in [6.07, 6.45) is 3.83. The molecular formula is C18H26N2O. The molecule has 3 rings (SSSR count). The minimum Gasteiger partial charge on any atom is -0.459 e. The van der Waals surface area contributed by atoms with Gasteiger partial charge in [-0.05, 0) is 50.9 Å². The Morgan fingerprint density at radius 2 is 2.14 bits per heavy atom. The second kappa shape index (κ2) is 6.20. The van der Waals surface area contributed by atoms with Crippen molar-refractivity contribution in [1.29, 1.82) is 0 Å². The predicted octanol–water partition coefficient (Wildman–Crippen LogP) is 3.94. The van der Waals surface area contributed by atoms with Crippen LogP contribution < -0.4 is 5.73 Å². The van der Waals surface area contributed by atoms with E-state index in [4.69, 9.17) is 10.2 Å². The molecule has 1 fully saturated rings. The van der Waals surface area contributed by atoms with E-state index in [1.807, 2.05) is 12.1 Å². The van der Waals surface area contributed by atoms with E-state index in [-0.39, 0.29) is 0 Å². The lowest BCUT2D eigenvalue weighted by atomic mass is 10.00. The van der Waals surface area contributed by atoms with Crippen LogP contribution in [0.1, 0.15) is 44.9 Å². The zero-order chi connectivity index (χ0) is 14.8. The molecule has 0 radical (unpaired) electrons. The normalized spacial score (nSPS) is 24.0. The van der Waals surface area contributed by atoms with Crippen LogP contribution in [0.4, 0.5) is 0 Å². The van der Waals surface area contributed by atoms with Crippen LogP contribution in [0.5, 0.6) is 0 Å². The van der Waals surface area contributed by atoms with Gasteiger partial charge in [-0.2, -0.15) is 0 Å². The maximum atomic E-state index is 6.07. The Labute approximate surface area is 127 Å². The quantitative estimate of drug-likeness (QED) is 0.905. The van der Waals surface area contributed by atoms with Crippen LogP contribution in [0.15, 0.2) is 34.7 Å². The second-order valence-corrected chi connectivity index (χ2v) is 6.19. The molecule has 0 bridgehead atoms. The number of hydrogen-bond donors (Lipinski definition) is 1. The van der Waals surface area contributed by atoms with E-state index in [1.54, 1.807) is 0 Å². The molecule has 0 saturated heterocycles. The number of nitrogens with zero attached hydrogens (tertiary/aromatic N) is 1. The number of hydrogen-bond acceptors (Lipinski definition) is 3.